The summed E-state index contributed by atoms with van der Waals surface area (Å²) in [5.74, 6) is 0.134. The maximum Gasteiger partial charge on any atom is 0.251 e. The second-order valence-corrected chi connectivity index (χ2v) is 8.26. The number of hydrogen-bond acceptors (Lipinski definition) is 5. The molecule has 7 heteroatoms. The van der Waals surface area contributed by atoms with E-state index >= 15 is 0 Å². The Kier molecular flexibility index (Phi) is 5.30. The zero-order valence-corrected chi connectivity index (χ0v) is 15.2. The van der Waals surface area contributed by atoms with Gasteiger partial charge in [0.05, 0.1) is 5.25 Å². The second kappa shape index (κ2) is 7.27. The van der Waals surface area contributed by atoms with Crippen molar-refractivity contribution >= 4 is 17.7 Å². The molecule has 132 valence electrons. The van der Waals surface area contributed by atoms with Gasteiger partial charge in [-0.2, -0.15) is 0 Å². The predicted molar refractivity (Wildman–Crippen MR) is 93.2 cm³/mol. The Balaban J connectivity index is 1.65. The first-order chi connectivity index (χ1) is 11.5. The Morgan fingerprint density at radius 3 is 2.88 bits per heavy atom. The van der Waals surface area contributed by atoms with Crippen molar-refractivity contribution in [2.24, 2.45) is 5.41 Å². The number of thioether (sulfide) groups is 1. The van der Waals surface area contributed by atoms with E-state index in [0.717, 1.165) is 45.6 Å². The van der Waals surface area contributed by atoms with Crippen LogP contribution in [0.25, 0.3) is 0 Å². The van der Waals surface area contributed by atoms with Crippen LogP contribution in [0.1, 0.15) is 38.3 Å². The molecular formula is C17H25N3O3S. The minimum absolute atomic E-state index is 0.134. The summed E-state index contributed by atoms with van der Waals surface area (Å²) in [7, 11) is 0. The zero-order chi connectivity index (χ0) is 17.2. The summed E-state index contributed by atoms with van der Waals surface area (Å²) in [6.45, 7) is 6.94. The van der Waals surface area contributed by atoms with Crippen LogP contribution in [0.5, 0.6) is 0 Å². The highest BCUT2D eigenvalue weighted by Gasteiger charge is 2.39. The Morgan fingerprint density at radius 2 is 2.17 bits per heavy atom. The number of nitrogens with zero attached hydrogens (tertiary/aromatic N) is 2. The molecule has 0 aromatic carbocycles. The number of likely N-dealkylation sites (tertiary alicyclic amines) is 1. The van der Waals surface area contributed by atoms with Crippen LogP contribution in [-0.2, 0) is 9.53 Å². The van der Waals surface area contributed by atoms with E-state index in [4.69, 9.17) is 4.74 Å². The molecule has 3 rings (SSSR count). The molecule has 3 heterocycles. The van der Waals surface area contributed by atoms with Crippen LogP contribution in [-0.4, -0.2) is 52.3 Å². The lowest BCUT2D eigenvalue weighted by Gasteiger charge is -2.45. The summed E-state index contributed by atoms with van der Waals surface area (Å²) in [6, 6.07) is 1.45. The number of carbonyl (C=O) groups is 1. The fraction of sp³-hybridized carbons (Fsp3) is 0.706. The number of aromatic amines is 1. The number of rotatable bonds is 3. The van der Waals surface area contributed by atoms with Crippen molar-refractivity contribution in [3.63, 3.8) is 0 Å². The van der Waals surface area contributed by atoms with Crippen LogP contribution < -0.4 is 5.56 Å². The highest BCUT2D eigenvalue weighted by molar-refractivity contribution is 8.00. The molecule has 2 fully saturated rings. The Morgan fingerprint density at radius 1 is 1.42 bits per heavy atom. The van der Waals surface area contributed by atoms with Gasteiger partial charge in [0.2, 0.25) is 5.91 Å². The molecule has 1 spiro atoms. The first-order valence-corrected chi connectivity index (χ1v) is 9.47. The molecule has 2 aliphatic rings. The fourth-order valence-electron chi connectivity index (χ4n) is 3.69. The van der Waals surface area contributed by atoms with E-state index in [0.29, 0.717) is 10.9 Å². The lowest BCUT2D eigenvalue weighted by Crippen LogP contribution is -2.50. The monoisotopic (exact) mass is 351 g/mol. The maximum absolute atomic E-state index is 12.9. The average molecular weight is 351 g/mol. The number of H-pyrrole nitrogens is 1. The van der Waals surface area contributed by atoms with Gasteiger partial charge in [-0.1, -0.05) is 11.8 Å². The van der Waals surface area contributed by atoms with Gasteiger partial charge in [-0.15, -0.1) is 0 Å². The first-order valence-electron chi connectivity index (χ1n) is 8.59. The smallest absolute Gasteiger partial charge is 0.251 e. The summed E-state index contributed by atoms with van der Waals surface area (Å²) >= 11 is 1.33. The number of amides is 1. The van der Waals surface area contributed by atoms with Gasteiger partial charge in [0.25, 0.3) is 5.56 Å². The van der Waals surface area contributed by atoms with Crippen molar-refractivity contribution in [1.29, 1.82) is 0 Å². The van der Waals surface area contributed by atoms with Crippen LogP contribution in [0.4, 0.5) is 0 Å². The van der Waals surface area contributed by atoms with E-state index in [2.05, 4.69) is 9.97 Å². The predicted octanol–water partition coefficient (Wildman–Crippen LogP) is 1.98. The van der Waals surface area contributed by atoms with Gasteiger partial charge in [0.1, 0.15) is 0 Å². The molecule has 1 aromatic rings. The van der Waals surface area contributed by atoms with E-state index < -0.39 is 0 Å². The number of ether oxygens (including phenoxy) is 1. The molecule has 0 bridgehead atoms. The number of aromatic nitrogens is 2. The number of piperidine rings is 1. The van der Waals surface area contributed by atoms with Crippen LogP contribution in [0, 0.1) is 12.3 Å². The van der Waals surface area contributed by atoms with Gasteiger partial charge in [0, 0.05) is 38.1 Å². The van der Waals surface area contributed by atoms with Crippen molar-refractivity contribution in [2.45, 2.75) is 49.9 Å². The van der Waals surface area contributed by atoms with Gasteiger partial charge in [-0.05, 0) is 44.9 Å². The van der Waals surface area contributed by atoms with Gasteiger partial charge in [0.15, 0.2) is 5.16 Å². The molecule has 0 radical (unpaired) electrons. The van der Waals surface area contributed by atoms with Gasteiger partial charge < -0.3 is 14.6 Å². The van der Waals surface area contributed by atoms with Crippen molar-refractivity contribution in [1.82, 2.24) is 14.9 Å². The van der Waals surface area contributed by atoms with Crippen molar-refractivity contribution in [3.8, 4) is 0 Å². The zero-order valence-electron chi connectivity index (χ0n) is 14.3. The molecule has 1 N–H and O–H groups in total. The van der Waals surface area contributed by atoms with Crippen molar-refractivity contribution in [3.05, 3.63) is 22.1 Å². The summed E-state index contributed by atoms with van der Waals surface area (Å²) in [5, 5.41) is 0.253. The molecule has 1 amide bonds. The molecule has 1 atom stereocenters. The molecule has 0 aliphatic carbocycles. The van der Waals surface area contributed by atoms with E-state index in [9.17, 15) is 9.59 Å². The Bertz CT molecular complexity index is 649. The van der Waals surface area contributed by atoms with Crippen molar-refractivity contribution in [2.75, 3.05) is 26.3 Å². The largest absolute Gasteiger partial charge is 0.381 e. The SMILES string of the molecule is Cc1cc(=O)[nH]c(SC(C)C(=O)N2CCCC3(CCOCC3)C2)n1. The molecule has 24 heavy (non-hydrogen) atoms. The second-order valence-electron chi connectivity index (χ2n) is 6.93. The Hall–Kier alpha value is -1.34. The van der Waals surface area contributed by atoms with Crippen molar-refractivity contribution < 1.29 is 9.53 Å². The van der Waals surface area contributed by atoms with E-state index in [1.54, 1.807) is 6.92 Å². The van der Waals surface area contributed by atoms with Crippen LogP contribution in [0.3, 0.4) is 0 Å². The molecular weight excluding hydrogens is 326 g/mol. The number of aryl methyl sites for hydroxylation is 1. The van der Waals surface area contributed by atoms with Crippen LogP contribution >= 0.6 is 11.8 Å². The summed E-state index contributed by atoms with van der Waals surface area (Å²) in [5.41, 5.74) is 0.732. The third-order valence-corrected chi connectivity index (χ3v) is 5.98. The highest BCUT2D eigenvalue weighted by Crippen LogP contribution is 2.39. The summed E-state index contributed by atoms with van der Waals surface area (Å²) in [4.78, 5) is 33.4. The average Bonchev–Trinajstić information content (AvgIpc) is 2.54. The summed E-state index contributed by atoms with van der Waals surface area (Å²) in [6.07, 6.45) is 4.34. The third-order valence-electron chi connectivity index (χ3n) is 5.01. The fourth-order valence-corrected chi connectivity index (χ4v) is 4.63. The third kappa shape index (κ3) is 4.00. The molecule has 2 saturated heterocycles. The lowest BCUT2D eigenvalue weighted by atomic mass is 9.74. The normalized spacial score (nSPS) is 21.7. The number of hydrogen-bond donors (Lipinski definition) is 1. The lowest BCUT2D eigenvalue weighted by molar-refractivity contribution is -0.136. The number of carbonyl (C=O) groups excluding carboxylic acids is 1. The topological polar surface area (TPSA) is 75.3 Å². The highest BCUT2D eigenvalue weighted by atomic mass is 32.2. The molecule has 6 nitrogen and oxygen atoms in total. The summed E-state index contributed by atoms with van der Waals surface area (Å²) < 4.78 is 5.49. The molecule has 1 unspecified atom stereocenters. The Labute approximate surface area is 146 Å². The minimum Gasteiger partial charge on any atom is -0.381 e. The van der Waals surface area contributed by atoms with E-state index in [1.165, 1.54) is 24.2 Å². The van der Waals surface area contributed by atoms with E-state index in [1.807, 2.05) is 11.8 Å². The number of nitrogens with one attached hydrogen (secondary N) is 1. The van der Waals surface area contributed by atoms with Gasteiger partial charge in [-0.3, -0.25) is 9.59 Å². The standard InChI is InChI=1S/C17H25N3O3S/c1-12-10-14(21)19-16(18-12)24-13(2)15(22)20-7-3-4-17(11-20)5-8-23-9-6-17/h10,13H,3-9,11H2,1-2H3,(H,18,19,21). The van der Waals surface area contributed by atoms with Crippen LogP contribution in [0.2, 0.25) is 0 Å². The van der Waals surface area contributed by atoms with Gasteiger partial charge >= 0.3 is 0 Å². The molecule has 1 aromatic heterocycles. The first kappa shape index (κ1) is 17.5. The van der Waals surface area contributed by atoms with Gasteiger partial charge in [-0.25, -0.2) is 4.98 Å². The maximum atomic E-state index is 12.9. The van der Waals surface area contributed by atoms with E-state index in [-0.39, 0.29) is 22.1 Å². The quantitative estimate of drug-likeness (QED) is 0.666. The molecule has 2 aliphatic heterocycles. The minimum atomic E-state index is -0.259. The molecule has 0 saturated carbocycles. The van der Waals surface area contributed by atoms with Crippen LogP contribution in [0.15, 0.2) is 16.0 Å².